The minimum atomic E-state index is -0.458. The van der Waals surface area contributed by atoms with Crippen molar-refractivity contribution in [1.29, 1.82) is 0 Å². The van der Waals surface area contributed by atoms with E-state index < -0.39 is 5.41 Å². The van der Waals surface area contributed by atoms with Gasteiger partial charge in [-0.1, -0.05) is 44.5 Å². The molecule has 0 amide bonds. The Labute approximate surface area is 103 Å². The highest BCUT2D eigenvalue weighted by molar-refractivity contribution is 6.01. The van der Waals surface area contributed by atoms with Crippen LogP contribution in [0.2, 0.25) is 0 Å². The monoisotopic (exact) mass is 231 g/mol. The Kier molecular flexibility index (Phi) is 3.34. The summed E-state index contributed by atoms with van der Waals surface area (Å²) < 4.78 is 0. The number of benzene rings is 1. The standard InChI is InChI=1S/C15H21NO/c1-15(2,10-16)14(17)13-9-4-3-8-12(13)11-6-5-7-11/h3-4,8-9,11H,5-7,10,16H2,1-2H3. The van der Waals surface area contributed by atoms with Crippen LogP contribution in [0.1, 0.15) is 54.9 Å². The Bertz CT molecular complexity index is 419. The third kappa shape index (κ3) is 2.27. The summed E-state index contributed by atoms with van der Waals surface area (Å²) in [6.07, 6.45) is 3.72. The van der Waals surface area contributed by atoms with E-state index in [0.29, 0.717) is 12.5 Å². The fraction of sp³-hybridized carbons (Fsp3) is 0.533. The van der Waals surface area contributed by atoms with Crippen LogP contribution in [0.5, 0.6) is 0 Å². The van der Waals surface area contributed by atoms with Crippen molar-refractivity contribution < 1.29 is 4.79 Å². The summed E-state index contributed by atoms with van der Waals surface area (Å²) in [6.45, 7) is 4.24. The molecule has 0 aromatic heterocycles. The van der Waals surface area contributed by atoms with Crippen LogP contribution in [0.4, 0.5) is 0 Å². The first-order valence-corrected chi connectivity index (χ1v) is 6.40. The molecule has 0 aliphatic heterocycles. The lowest BCUT2D eigenvalue weighted by Crippen LogP contribution is -2.33. The van der Waals surface area contributed by atoms with Crippen LogP contribution < -0.4 is 5.73 Å². The molecular formula is C15H21NO. The molecule has 92 valence electrons. The Morgan fingerprint density at radius 1 is 1.35 bits per heavy atom. The molecule has 0 heterocycles. The Morgan fingerprint density at radius 2 is 2.00 bits per heavy atom. The molecule has 1 saturated carbocycles. The first-order chi connectivity index (χ1) is 8.06. The molecular weight excluding hydrogens is 210 g/mol. The largest absolute Gasteiger partial charge is 0.329 e. The molecule has 1 fully saturated rings. The summed E-state index contributed by atoms with van der Waals surface area (Å²) >= 11 is 0. The fourth-order valence-electron chi connectivity index (χ4n) is 2.24. The van der Waals surface area contributed by atoms with Crippen molar-refractivity contribution in [1.82, 2.24) is 0 Å². The van der Waals surface area contributed by atoms with E-state index in [1.54, 1.807) is 0 Å². The van der Waals surface area contributed by atoms with Crippen molar-refractivity contribution in [2.75, 3.05) is 6.54 Å². The predicted molar refractivity (Wildman–Crippen MR) is 70.2 cm³/mol. The lowest BCUT2D eigenvalue weighted by molar-refractivity contribution is 0.0845. The molecule has 0 saturated heterocycles. The van der Waals surface area contributed by atoms with Gasteiger partial charge in [-0.05, 0) is 24.3 Å². The fourth-order valence-corrected chi connectivity index (χ4v) is 2.24. The summed E-state index contributed by atoms with van der Waals surface area (Å²) in [7, 11) is 0. The molecule has 0 atom stereocenters. The molecule has 0 radical (unpaired) electrons. The van der Waals surface area contributed by atoms with Crippen molar-refractivity contribution in [3.05, 3.63) is 35.4 Å². The van der Waals surface area contributed by atoms with Gasteiger partial charge in [-0.25, -0.2) is 0 Å². The van der Waals surface area contributed by atoms with Gasteiger partial charge in [0.05, 0.1) is 0 Å². The van der Waals surface area contributed by atoms with Gasteiger partial charge in [-0.15, -0.1) is 0 Å². The van der Waals surface area contributed by atoms with Gasteiger partial charge in [0.2, 0.25) is 0 Å². The van der Waals surface area contributed by atoms with E-state index in [4.69, 9.17) is 5.73 Å². The number of Topliss-reactive ketones (excluding diaryl/α,β-unsaturated/α-hetero) is 1. The van der Waals surface area contributed by atoms with Crippen LogP contribution in [0, 0.1) is 5.41 Å². The number of rotatable bonds is 4. The molecule has 0 bridgehead atoms. The molecule has 0 spiro atoms. The molecule has 1 aliphatic carbocycles. The maximum absolute atomic E-state index is 12.5. The van der Waals surface area contributed by atoms with Crippen LogP contribution in [0.15, 0.2) is 24.3 Å². The molecule has 1 aromatic rings. The summed E-state index contributed by atoms with van der Waals surface area (Å²) in [4.78, 5) is 12.5. The first-order valence-electron chi connectivity index (χ1n) is 6.40. The number of carbonyl (C=O) groups excluding carboxylic acids is 1. The van der Waals surface area contributed by atoms with Gasteiger partial charge in [-0.2, -0.15) is 0 Å². The first kappa shape index (κ1) is 12.3. The van der Waals surface area contributed by atoms with Crippen LogP contribution in [-0.4, -0.2) is 12.3 Å². The molecule has 2 rings (SSSR count). The van der Waals surface area contributed by atoms with E-state index in [-0.39, 0.29) is 5.78 Å². The van der Waals surface area contributed by atoms with Crippen LogP contribution in [-0.2, 0) is 0 Å². The van der Waals surface area contributed by atoms with E-state index >= 15 is 0 Å². The highest BCUT2D eigenvalue weighted by Gasteiger charge is 2.31. The lowest BCUT2D eigenvalue weighted by atomic mass is 9.74. The van der Waals surface area contributed by atoms with Gasteiger partial charge in [0.15, 0.2) is 5.78 Å². The molecule has 2 heteroatoms. The molecule has 1 aromatic carbocycles. The van der Waals surface area contributed by atoms with E-state index in [1.807, 2.05) is 32.0 Å². The third-order valence-corrected chi connectivity index (χ3v) is 3.88. The lowest BCUT2D eigenvalue weighted by Gasteiger charge is -2.29. The smallest absolute Gasteiger partial charge is 0.169 e. The Hall–Kier alpha value is -1.15. The van der Waals surface area contributed by atoms with Crippen molar-refractivity contribution in [2.45, 2.75) is 39.0 Å². The minimum absolute atomic E-state index is 0.183. The molecule has 17 heavy (non-hydrogen) atoms. The summed E-state index contributed by atoms with van der Waals surface area (Å²) in [5.74, 6) is 0.770. The van der Waals surface area contributed by atoms with Gasteiger partial charge in [0, 0.05) is 17.5 Å². The molecule has 0 unspecified atom stereocenters. The number of nitrogens with two attached hydrogens (primary N) is 1. The minimum Gasteiger partial charge on any atom is -0.329 e. The van der Waals surface area contributed by atoms with Gasteiger partial charge < -0.3 is 5.73 Å². The zero-order chi connectivity index (χ0) is 12.5. The number of ketones is 1. The van der Waals surface area contributed by atoms with Crippen molar-refractivity contribution in [3.63, 3.8) is 0 Å². The zero-order valence-corrected chi connectivity index (χ0v) is 10.7. The highest BCUT2D eigenvalue weighted by Crippen LogP contribution is 2.39. The van der Waals surface area contributed by atoms with Gasteiger partial charge in [-0.3, -0.25) is 4.79 Å². The highest BCUT2D eigenvalue weighted by atomic mass is 16.1. The predicted octanol–water partition coefficient (Wildman–Crippen LogP) is 3.12. The SMILES string of the molecule is CC(C)(CN)C(=O)c1ccccc1C1CCC1. The van der Waals surface area contributed by atoms with Crippen LogP contribution in [0.3, 0.4) is 0 Å². The van der Waals surface area contributed by atoms with E-state index in [1.165, 1.54) is 24.8 Å². The average Bonchev–Trinajstić information content (AvgIpc) is 2.26. The molecule has 2 nitrogen and oxygen atoms in total. The molecule has 2 N–H and O–H groups in total. The number of carbonyl (C=O) groups is 1. The summed E-state index contributed by atoms with van der Waals surface area (Å²) in [6, 6.07) is 8.03. The topological polar surface area (TPSA) is 43.1 Å². The van der Waals surface area contributed by atoms with E-state index in [0.717, 1.165) is 5.56 Å². The van der Waals surface area contributed by atoms with Gasteiger partial charge in [0.25, 0.3) is 0 Å². The second kappa shape index (κ2) is 4.61. The van der Waals surface area contributed by atoms with Gasteiger partial charge >= 0.3 is 0 Å². The van der Waals surface area contributed by atoms with E-state index in [2.05, 4.69) is 6.07 Å². The molecule has 1 aliphatic rings. The van der Waals surface area contributed by atoms with Crippen LogP contribution >= 0.6 is 0 Å². The van der Waals surface area contributed by atoms with Crippen molar-refractivity contribution in [3.8, 4) is 0 Å². The van der Waals surface area contributed by atoms with Crippen LogP contribution in [0.25, 0.3) is 0 Å². The number of hydrogen-bond acceptors (Lipinski definition) is 2. The Morgan fingerprint density at radius 3 is 2.53 bits per heavy atom. The van der Waals surface area contributed by atoms with E-state index in [9.17, 15) is 4.79 Å². The average molecular weight is 231 g/mol. The maximum atomic E-state index is 12.5. The quantitative estimate of drug-likeness (QED) is 0.809. The summed E-state index contributed by atoms with van der Waals surface area (Å²) in [5, 5.41) is 0. The van der Waals surface area contributed by atoms with Crippen molar-refractivity contribution >= 4 is 5.78 Å². The summed E-state index contributed by atoms with van der Waals surface area (Å²) in [5.41, 5.74) is 7.35. The Balaban J connectivity index is 2.34. The maximum Gasteiger partial charge on any atom is 0.169 e. The van der Waals surface area contributed by atoms with Gasteiger partial charge in [0.1, 0.15) is 0 Å². The normalized spacial score (nSPS) is 16.6. The third-order valence-electron chi connectivity index (χ3n) is 3.88. The second-order valence-corrected chi connectivity index (χ2v) is 5.63. The second-order valence-electron chi connectivity index (χ2n) is 5.63. The zero-order valence-electron chi connectivity index (χ0n) is 10.7. The number of hydrogen-bond donors (Lipinski definition) is 1. The van der Waals surface area contributed by atoms with Crippen molar-refractivity contribution in [2.24, 2.45) is 11.1 Å².